The predicted octanol–water partition coefficient (Wildman–Crippen LogP) is 4.32. The minimum Gasteiger partial charge on any atom is -0.478 e. The van der Waals surface area contributed by atoms with Crippen LogP contribution in [0.3, 0.4) is 0 Å². The van der Waals surface area contributed by atoms with Gasteiger partial charge in [-0.25, -0.2) is 9.78 Å². The topological polar surface area (TPSA) is 63.1 Å². The van der Waals surface area contributed by atoms with Gasteiger partial charge in [-0.2, -0.15) is 0 Å². The molecule has 1 N–H and O–H groups in total. The molecule has 110 valence electrons. The van der Waals surface area contributed by atoms with Gasteiger partial charge in [0.05, 0.1) is 16.8 Å². The van der Waals surface area contributed by atoms with Crippen LogP contribution in [-0.2, 0) is 0 Å². The summed E-state index contributed by atoms with van der Waals surface area (Å²) in [6.07, 6.45) is 5.58. The molecule has 1 aliphatic carbocycles. The fraction of sp³-hybridized carbons (Fsp3) is 0.235. The van der Waals surface area contributed by atoms with Crippen molar-refractivity contribution in [3.63, 3.8) is 0 Å². The van der Waals surface area contributed by atoms with E-state index < -0.39 is 5.97 Å². The van der Waals surface area contributed by atoms with Crippen molar-refractivity contribution in [3.8, 4) is 10.6 Å². The van der Waals surface area contributed by atoms with Crippen molar-refractivity contribution in [3.05, 3.63) is 47.1 Å². The Bertz CT molecular complexity index is 868. The molecule has 2 aromatic heterocycles. The van der Waals surface area contributed by atoms with Crippen molar-refractivity contribution in [2.75, 3.05) is 0 Å². The third kappa shape index (κ3) is 2.27. The molecule has 22 heavy (non-hydrogen) atoms. The minimum absolute atomic E-state index is 0.278. The van der Waals surface area contributed by atoms with Crippen LogP contribution in [0.4, 0.5) is 0 Å². The van der Waals surface area contributed by atoms with Crippen LogP contribution in [0.5, 0.6) is 0 Å². The number of hydrogen-bond donors (Lipinski definition) is 1. The number of thiazole rings is 1. The van der Waals surface area contributed by atoms with Gasteiger partial charge in [0.25, 0.3) is 0 Å². The van der Waals surface area contributed by atoms with Crippen molar-refractivity contribution in [2.45, 2.75) is 25.2 Å². The molecule has 1 aliphatic rings. The highest BCUT2D eigenvalue weighted by Crippen LogP contribution is 2.38. The van der Waals surface area contributed by atoms with E-state index in [1.165, 1.54) is 25.0 Å². The highest BCUT2D eigenvalue weighted by atomic mass is 32.1. The second-order valence-corrected chi connectivity index (χ2v) is 6.50. The Labute approximate surface area is 131 Å². The number of carbonyl (C=O) groups is 1. The summed E-state index contributed by atoms with van der Waals surface area (Å²) in [6.45, 7) is 0. The van der Waals surface area contributed by atoms with Crippen LogP contribution in [0.1, 0.15) is 41.2 Å². The number of nitrogens with zero attached hydrogens (tertiary/aromatic N) is 2. The summed E-state index contributed by atoms with van der Waals surface area (Å²) in [6, 6.07) is 6.95. The Kier molecular flexibility index (Phi) is 3.15. The molecular formula is C17H14N2O2S. The van der Waals surface area contributed by atoms with Crippen molar-refractivity contribution >= 4 is 28.2 Å². The number of rotatable bonds is 3. The molecule has 0 unspecified atom stereocenters. The summed E-state index contributed by atoms with van der Waals surface area (Å²) in [5.41, 5.74) is 3.21. The monoisotopic (exact) mass is 310 g/mol. The van der Waals surface area contributed by atoms with E-state index in [4.69, 9.17) is 10.1 Å². The van der Waals surface area contributed by atoms with Crippen LogP contribution in [-0.4, -0.2) is 21.0 Å². The van der Waals surface area contributed by atoms with Crippen LogP contribution in [0.25, 0.3) is 21.5 Å². The van der Waals surface area contributed by atoms with Gasteiger partial charge in [0.15, 0.2) is 0 Å². The maximum Gasteiger partial charge on any atom is 0.335 e. The summed E-state index contributed by atoms with van der Waals surface area (Å²) < 4.78 is 0. The van der Waals surface area contributed by atoms with E-state index in [-0.39, 0.29) is 5.56 Å². The van der Waals surface area contributed by atoms with Gasteiger partial charge in [0, 0.05) is 28.4 Å². The average molecular weight is 310 g/mol. The molecule has 0 saturated heterocycles. The first kappa shape index (κ1) is 13.4. The highest BCUT2D eigenvalue weighted by molar-refractivity contribution is 7.13. The Morgan fingerprint density at radius 3 is 2.86 bits per heavy atom. The van der Waals surface area contributed by atoms with Crippen LogP contribution in [0, 0.1) is 0 Å². The molecule has 0 aliphatic heterocycles. The molecule has 4 rings (SSSR count). The molecule has 2 heterocycles. The van der Waals surface area contributed by atoms with Gasteiger partial charge >= 0.3 is 5.97 Å². The fourth-order valence-electron chi connectivity index (χ4n) is 2.69. The van der Waals surface area contributed by atoms with Gasteiger partial charge in [0.2, 0.25) is 0 Å². The first-order valence-corrected chi connectivity index (χ1v) is 8.17. The van der Waals surface area contributed by atoms with Gasteiger partial charge < -0.3 is 5.11 Å². The number of aromatic nitrogens is 2. The first-order valence-electron chi connectivity index (χ1n) is 7.29. The normalized spacial score (nSPS) is 14.9. The molecule has 0 spiro atoms. The predicted molar refractivity (Wildman–Crippen MR) is 86.4 cm³/mol. The van der Waals surface area contributed by atoms with Crippen LogP contribution in [0.2, 0.25) is 0 Å². The highest BCUT2D eigenvalue weighted by Gasteiger charge is 2.22. The zero-order valence-corrected chi connectivity index (χ0v) is 12.6. The van der Waals surface area contributed by atoms with Gasteiger partial charge in [0.1, 0.15) is 5.01 Å². The second-order valence-electron chi connectivity index (χ2n) is 5.64. The molecule has 0 amide bonds. The lowest BCUT2D eigenvalue weighted by molar-refractivity contribution is 0.0697. The summed E-state index contributed by atoms with van der Waals surface area (Å²) in [5.74, 6) is -0.300. The van der Waals surface area contributed by atoms with Crippen LogP contribution >= 0.6 is 11.3 Å². The number of aromatic carboxylic acids is 1. The Morgan fingerprint density at radius 2 is 2.14 bits per heavy atom. The van der Waals surface area contributed by atoms with Gasteiger partial charge in [-0.3, -0.25) is 4.98 Å². The third-order valence-electron chi connectivity index (χ3n) is 4.22. The Hall–Kier alpha value is -2.27. The molecule has 1 saturated carbocycles. The Morgan fingerprint density at radius 1 is 1.27 bits per heavy atom. The smallest absolute Gasteiger partial charge is 0.335 e. The number of benzene rings is 1. The number of fused-ring (bicyclic) bond motifs is 1. The number of hydrogen-bond acceptors (Lipinski definition) is 4. The molecule has 0 bridgehead atoms. The second kappa shape index (κ2) is 5.18. The number of carboxylic acid groups (broad SMARTS) is 1. The quantitative estimate of drug-likeness (QED) is 0.782. The van der Waals surface area contributed by atoms with E-state index in [1.807, 2.05) is 12.3 Å². The number of pyridine rings is 1. The maximum absolute atomic E-state index is 11.1. The summed E-state index contributed by atoms with van der Waals surface area (Å²) in [4.78, 5) is 20.2. The van der Waals surface area contributed by atoms with E-state index in [1.54, 1.807) is 29.5 Å². The molecular weight excluding hydrogens is 296 g/mol. The molecule has 3 aromatic rings. The van der Waals surface area contributed by atoms with Gasteiger partial charge in [-0.1, -0.05) is 6.42 Å². The van der Waals surface area contributed by atoms with E-state index in [0.29, 0.717) is 5.92 Å². The van der Waals surface area contributed by atoms with Crippen LogP contribution in [0.15, 0.2) is 35.8 Å². The fourth-order valence-corrected chi connectivity index (χ4v) is 3.58. The lowest BCUT2D eigenvalue weighted by Crippen LogP contribution is -2.08. The molecule has 1 fully saturated rings. The van der Waals surface area contributed by atoms with E-state index in [0.717, 1.165) is 21.5 Å². The van der Waals surface area contributed by atoms with Crippen molar-refractivity contribution in [1.29, 1.82) is 0 Å². The number of carboxylic acids is 1. The zero-order valence-electron chi connectivity index (χ0n) is 11.8. The molecule has 4 nitrogen and oxygen atoms in total. The van der Waals surface area contributed by atoms with Crippen molar-refractivity contribution in [2.24, 2.45) is 0 Å². The third-order valence-corrected chi connectivity index (χ3v) is 5.13. The molecule has 0 radical (unpaired) electrons. The molecule has 5 heteroatoms. The van der Waals surface area contributed by atoms with E-state index >= 15 is 0 Å². The summed E-state index contributed by atoms with van der Waals surface area (Å²) in [7, 11) is 0. The van der Waals surface area contributed by atoms with E-state index in [2.05, 4.69) is 10.4 Å². The zero-order chi connectivity index (χ0) is 15.1. The van der Waals surface area contributed by atoms with Gasteiger partial charge in [-0.05, 0) is 37.1 Å². The minimum atomic E-state index is -0.922. The SMILES string of the molecule is O=C(O)c1ccc2ncc(-c3nc(C4CCC4)cs3)cc2c1. The Balaban J connectivity index is 1.74. The largest absolute Gasteiger partial charge is 0.478 e. The lowest BCUT2D eigenvalue weighted by atomic mass is 9.83. The summed E-state index contributed by atoms with van der Waals surface area (Å²) in [5, 5.41) is 13.0. The first-order chi connectivity index (χ1) is 10.7. The van der Waals surface area contributed by atoms with Gasteiger partial charge in [-0.15, -0.1) is 11.3 Å². The standard InChI is InChI=1S/C17H14N2O2S/c20-17(21)11-4-5-14-12(6-11)7-13(8-18-14)16-19-15(9-22-16)10-2-1-3-10/h4-10H,1-3H2,(H,20,21). The maximum atomic E-state index is 11.1. The molecule has 1 aromatic carbocycles. The van der Waals surface area contributed by atoms with Crippen LogP contribution < -0.4 is 0 Å². The van der Waals surface area contributed by atoms with E-state index in [9.17, 15) is 4.79 Å². The van der Waals surface area contributed by atoms with Crippen molar-refractivity contribution < 1.29 is 9.90 Å². The van der Waals surface area contributed by atoms with Crippen molar-refractivity contribution in [1.82, 2.24) is 9.97 Å². The summed E-state index contributed by atoms with van der Waals surface area (Å²) >= 11 is 1.63. The molecule has 0 atom stereocenters. The lowest BCUT2D eigenvalue weighted by Gasteiger charge is -2.22. The average Bonchev–Trinajstić information content (AvgIpc) is 2.93.